The van der Waals surface area contributed by atoms with Crippen LogP contribution in [0.2, 0.25) is 0 Å². The Morgan fingerprint density at radius 1 is 1.43 bits per heavy atom. The number of sulfonamides is 1. The fourth-order valence-corrected chi connectivity index (χ4v) is 3.71. The van der Waals surface area contributed by atoms with Crippen LogP contribution in [0.15, 0.2) is 0 Å². The van der Waals surface area contributed by atoms with Gasteiger partial charge in [-0.25, -0.2) is 13.1 Å². The van der Waals surface area contributed by atoms with E-state index in [9.17, 15) is 8.42 Å². The third-order valence-electron chi connectivity index (χ3n) is 2.71. The lowest BCUT2D eigenvalue weighted by Crippen LogP contribution is -2.39. The predicted octanol–water partition coefficient (Wildman–Crippen LogP) is 0.586. The summed E-state index contributed by atoms with van der Waals surface area (Å²) in [5.41, 5.74) is 5.37. The van der Waals surface area contributed by atoms with E-state index in [-0.39, 0.29) is 11.3 Å². The van der Waals surface area contributed by atoms with E-state index in [1.54, 1.807) is 0 Å². The highest BCUT2D eigenvalue weighted by Crippen LogP contribution is 2.24. The van der Waals surface area contributed by atoms with Gasteiger partial charge in [-0.1, -0.05) is 12.8 Å². The van der Waals surface area contributed by atoms with Gasteiger partial charge in [-0.3, -0.25) is 0 Å². The van der Waals surface area contributed by atoms with Crippen LogP contribution in [0.5, 0.6) is 0 Å². The van der Waals surface area contributed by atoms with Crippen molar-refractivity contribution in [2.24, 2.45) is 5.73 Å². The Bertz CT molecular complexity index is 258. The Balaban J connectivity index is 2.48. The average molecular weight is 220 g/mol. The standard InChI is InChI=1S/C9H20N2O2S/c1-8(6-7-10)11-14(12,13)9-4-2-3-5-9/h8-9,11H,2-7,10H2,1H3. The molecule has 1 unspecified atom stereocenters. The fourth-order valence-electron chi connectivity index (χ4n) is 1.88. The van der Waals surface area contributed by atoms with Crippen molar-refractivity contribution >= 4 is 10.0 Å². The molecule has 0 aromatic heterocycles. The van der Waals surface area contributed by atoms with Crippen molar-refractivity contribution in [3.8, 4) is 0 Å². The molecule has 1 aliphatic rings. The van der Waals surface area contributed by atoms with Gasteiger partial charge in [0, 0.05) is 6.04 Å². The molecule has 1 fully saturated rings. The Hall–Kier alpha value is -0.130. The van der Waals surface area contributed by atoms with Crippen LogP contribution in [0.4, 0.5) is 0 Å². The van der Waals surface area contributed by atoms with Crippen LogP contribution in [-0.2, 0) is 10.0 Å². The van der Waals surface area contributed by atoms with E-state index in [1.165, 1.54) is 0 Å². The molecule has 0 aliphatic heterocycles. The van der Waals surface area contributed by atoms with Crippen LogP contribution in [0.25, 0.3) is 0 Å². The van der Waals surface area contributed by atoms with Gasteiger partial charge in [0.05, 0.1) is 5.25 Å². The smallest absolute Gasteiger partial charge is 0.214 e. The molecule has 14 heavy (non-hydrogen) atoms. The van der Waals surface area contributed by atoms with Crippen LogP contribution in [-0.4, -0.2) is 26.3 Å². The summed E-state index contributed by atoms with van der Waals surface area (Å²) >= 11 is 0. The molecule has 0 bridgehead atoms. The monoisotopic (exact) mass is 220 g/mol. The molecule has 1 saturated carbocycles. The maximum atomic E-state index is 11.8. The van der Waals surface area contributed by atoms with Gasteiger partial charge in [-0.2, -0.15) is 0 Å². The van der Waals surface area contributed by atoms with Gasteiger partial charge in [0.25, 0.3) is 0 Å². The molecule has 0 radical (unpaired) electrons. The zero-order valence-corrected chi connectivity index (χ0v) is 9.52. The topological polar surface area (TPSA) is 72.2 Å². The zero-order valence-electron chi connectivity index (χ0n) is 8.70. The number of hydrogen-bond donors (Lipinski definition) is 2. The minimum Gasteiger partial charge on any atom is -0.330 e. The molecule has 0 saturated heterocycles. The van der Waals surface area contributed by atoms with Crippen LogP contribution in [0.3, 0.4) is 0 Å². The molecule has 3 N–H and O–H groups in total. The second kappa shape index (κ2) is 5.09. The van der Waals surface area contributed by atoms with E-state index < -0.39 is 10.0 Å². The van der Waals surface area contributed by atoms with E-state index in [0.29, 0.717) is 13.0 Å². The Labute approximate surface area is 86.3 Å². The summed E-state index contributed by atoms with van der Waals surface area (Å²) in [5, 5.41) is -0.164. The van der Waals surface area contributed by atoms with Gasteiger partial charge in [0.2, 0.25) is 10.0 Å². The van der Waals surface area contributed by atoms with Crippen molar-refractivity contribution in [1.29, 1.82) is 0 Å². The first-order chi connectivity index (χ1) is 6.56. The molecule has 4 nitrogen and oxygen atoms in total. The van der Waals surface area contributed by atoms with Crippen LogP contribution in [0, 0.1) is 0 Å². The van der Waals surface area contributed by atoms with E-state index >= 15 is 0 Å². The van der Waals surface area contributed by atoms with Gasteiger partial charge in [0.15, 0.2) is 0 Å². The third kappa shape index (κ3) is 3.22. The van der Waals surface area contributed by atoms with Crippen molar-refractivity contribution in [2.45, 2.75) is 50.3 Å². The molecule has 0 amide bonds. The number of nitrogens with two attached hydrogens (primary N) is 1. The highest BCUT2D eigenvalue weighted by atomic mass is 32.2. The molecule has 1 aliphatic carbocycles. The average Bonchev–Trinajstić information content (AvgIpc) is 2.54. The summed E-state index contributed by atoms with van der Waals surface area (Å²) in [6.45, 7) is 2.38. The van der Waals surface area contributed by atoms with Crippen LogP contribution < -0.4 is 10.5 Å². The Morgan fingerprint density at radius 3 is 2.50 bits per heavy atom. The lowest BCUT2D eigenvalue weighted by Gasteiger charge is -2.17. The summed E-state index contributed by atoms with van der Waals surface area (Å²) < 4.78 is 26.2. The maximum Gasteiger partial charge on any atom is 0.214 e. The van der Waals surface area contributed by atoms with Crippen LogP contribution in [0.1, 0.15) is 39.0 Å². The van der Waals surface area contributed by atoms with Crippen molar-refractivity contribution < 1.29 is 8.42 Å². The number of hydrogen-bond acceptors (Lipinski definition) is 3. The van der Waals surface area contributed by atoms with E-state index in [1.807, 2.05) is 6.92 Å². The van der Waals surface area contributed by atoms with Crippen molar-refractivity contribution in [1.82, 2.24) is 4.72 Å². The molecule has 0 spiro atoms. The highest BCUT2D eigenvalue weighted by Gasteiger charge is 2.29. The van der Waals surface area contributed by atoms with E-state index in [0.717, 1.165) is 25.7 Å². The minimum absolute atomic E-state index is 0.0365. The SMILES string of the molecule is CC(CCN)NS(=O)(=O)C1CCCC1. The summed E-state index contributed by atoms with van der Waals surface area (Å²) in [5.74, 6) is 0. The second-order valence-electron chi connectivity index (χ2n) is 4.05. The first-order valence-corrected chi connectivity index (χ1v) is 6.82. The summed E-state index contributed by atoms with van der Waals surface area (Å²) in [4.78, 5) is 0. The molecule has 0 aromatic rings. The van der Waals surface area contributed by atoms with Gasteiger partial charge in [0.1, 0.15) is 0 Å². The Morgan fingerprint density at radius 2 is 2.00 bits per heavy atom. The summed E-state index contributed by atoms with van der Waals surface area (Å²) in [7, 11) is -3.09. The number of rotatable bonds is 5. The molecular weight excluding hydrogens is 200 g/mol. The van der Waals surface area contributed by atoms with Gasteiger partial charge in [-0.15, -0.1) is 0 Å². The van der Waals surface area contributed by atoms with Gasteiger partial charge in [-0.05, 0) is 32.7 Å². The van der Waals surface area contributed by atoms with Crippen molar-refractivity contribution in [3.63, 3.8) is 0 Å². The normalized spacial score (nSPS) is 21.3. The zero-order chi connectivity index (χ0) is 10.6. The molecule has 84 valence electrons. The molecule has 0 heterocycles. The van der Waals surface area contributed by atoms with E-state index in [4.69, 9.17) is 5.73 Å². The predicted molar refractivity (Wildman–Crippen MR) is 57.4 cm³/mol. The largest absolute Gasteiger partial charge is 0.330 e. The molecule has 1 atom stereocenters. The van der Waals surface area contributed by atoms with E-state index in [2.05, 4.69) is 4.72 Å². The molecular formula is C9H20N2O2S. The van der Waals surface area contributed by atoms with Crippen LogP contribution >= 0.6 is 0 Å². The lowest BCUT2D eigenvalue weighted by atomic mass is 10.3. The minimum atomic E-state index is -3.09. The highest BCUT2D eigenvalue weighted by molar-refractivity contribution is 7.90. The van der Waals surface area contributed by atoms with Crippen molar-refractivity contribution in [2.75, 3.05) is 6.54 Å². The molecule has 0 aromatic carbocycles. The quantitative estimate of drug-likeness (QED) is 0.712. The van der Waals surface area contributed by atoms with Crippen molar-refractivity contribution in [3.05, 3.63) is 0 Å². The van der Waals surface area contributed by atoms with Gasteiger partial charge < -0.3 is 5.73 Å². The van der Waals surface area contributed by atoms with Gasteiger partial charge >= 0.3 is 0 Å². The molecule has 1 rings (SSSR count). The Kier molecular flexibility index (Phi) is 4.34. The first kappa shape index (κ1) is 11.9. The summed E-state index contributed by atoms with van der Waals surface area (Å²) in [6.07, 6.45) is 4.40. The maximum absolute atomic E-state index is 11.8. The molecule has 5 heteroatoms. The lowest BCUT2D eigenvalue weighted by molar-refractivity contribution is 0.536. The second-order valence-corrected chi connectivity index (χ2v) is 6.04. The third-order valence-corrected chi connectivity index (χ3v) is 4.79. The summed E-state index contributed by atoms with van der Waals surface area (Å²) in [6, 6.07) is -0.0365. The first-order valence-electron chi connectivity index (χ1n) is 5.27. The number of nitrogens with one attached hydrogen (secondary N) is 1. The fraction of sp³-hybridized carbons (Fsp3) is 1.00.